The van der Waals surface area contributed by atoms with Crippen molar-refractivity contribution in [3.8, 4) is 0 Å². The molecule has 0 aliphatic heterocycles. The second kappa shape index (κ2) is 6.71. The third-order valence-electron chi connectivity index (χ3n) is 3.90. The molecule has 3 N–H and O–H groups in total. The Hall–Kier alpha value is -2.53. The molecule has 0 saturated carbocycles. The summed E-state index contributed by atoms with van der Waals surface area (Å²) in [5, 5.41) is 5.95. The number of amides is 1. The van der Waals surface area contributed by atoms with E-state index in [1.165, 1.54) is 0 Å². The number of quaternary nitrogens is 1. The highest BCUT2D eigenvalue weighted by Gasteiger charge is 2.17. The monoisotopic (exact) mass is 313 g/mol. The summed E-state index contributed by atoms with van der Waals surface area (Å²) in [5.41, 5.74) is 0.835. The lowest BCUT2D eigenvalue weighted by Crippen LogP contribution is -2.87. The van der Waals surface area contributed by atoms with E-state index in [4.69, 9.17) is 8.83 Å². The van der Waals surface area contributed by atoms with Crippen LogP contribution < -0.4 is 10.6 Å². The van der Waals surface area contributed by atoms with E-state index in [1.807, 2.05) is 61.6 Å². The van der Waals surface area contributed by atoms with Gasteiger partial charge in [-0.05, 0) is 38.1 Å². The summed E-state index contributed by atoms with van der Waals surface area (Å²) in [6.07, 6.45) is 1.64. The number of nitrogens with one attached hydrogen (secondary N) is 1. The van der Waals surface area contributed by atoms with Crippen LogP contribution in [0, 0.1) is 0 Å². The Morgan fingerprint density at radius 1 is 1.17 bits per heavy atom. The first-order chi connectivity index (χ1) is 11.1. The quantitative estimate of drug-likeness (QED) is 0.734. The normalized spacial score (nSPS) is 13.8. The van der Waals surface area contributed by atoms with E-state index in [-0.39, 0.29) is 18.0 Å². The third kappa shape index (κ3) is 3.63. The van der Waals surface area contributed by atoms with Gasteiger partial charge in [-0.3, -0.25) is 4.79 Å². The largest absolute Gasteiger partial charge is 0.463 e. The Morgan fingerprint density at radius 2 is 2.00 bits per heavy atom. The van der Waals surface area contributed by atoms with Gasteiger partial charge in [-0.15, -0.1) is 0 Å². The van der Waals surface area contributed by atoms with Crippen LogP contribution in [0.3, 0.4) is 0 Å². The Bertz CT molecular complexity index is 744. The van der Waals surface area contributed by atoms with Crippen molar-refractivity contribution in [1.82, 2.24) is 5.32 Å². The number of furan rings is 2. The SMILES string of the molecule is C[C@H]([NH2+]CC(=O)N[C@H](C)c1cc2ccccc2o1)c1ccco1. The van der Waals surface area contributed by atoms with Gasteiger partial charge in [0.2, 0.25) is 0 Å². The summed E-state index contributed by atoms with van der Waals surface area (Å²) < 4.78 is 11.1. The van der Waals surface area contributed by atoms with Gasteiger partial charge in [0.25, 0.3) is 5.91 Å². The molecule has 0 bridgehead atoms. The molecular formula is C18H21N2O3+. The number of nitrogens with two attached hydrogens (primary N) is 1. The molecule has 2 heterocycles. The van der Waals surface area contributed by atoms with E-state index in [9.17, 15) is 4.79 Å². The second-order valence-electron chi connectivity index (χ2n) is 5.72. The number of carbonyl (C=O) groups is 1. The molecule has 1 amide bonds. The van der Waals surface area contributed by atoms with Gasteiger partial charge < -0.3 is 19.5 Å². The van der Waals surface area contributed by atoms with Crippen LogP contribution >= 0.6 is 0 Å². The Labute approximate surface area is 134 Å². The van der Waals surface area contributed by atoms with Crippen LogP contribution in [0.5, 0.6) is 0 Å². The van der Waals surface area contributed by atoms with Crippen LogP contribution in [0.4, 0.5) is 0 Å². The molecule has 5 nitrogen and oxygen atoms in total. The molecule has 2 aromatic heterocycles. The molecule has 3 rings (SSSR count). The zero-order chi connectivity index (χ0) is 16.2. The van der Waals surface area contributed by atoms with E-state index in [1.54, 1.807) is 6.26 Å². The van der Waals surface area contributed by atoms with Crippen molar-refractivity contribution < 1.29 is 18.9 Å². The molecule has 5 heteroatoms. The standard InChI is InChI=1S/C18H20N2O3/c1-12(15-8-5-9-22-15)19-11-18(21)20-13(2)17-10-14-6-3-4-7-16(14)23-17/h3-10,12-13,19H,11H2,1-2H3,(H,20,21)/p+1/t12-,13+/m0/s1. The lowest BCUT2D eigenvalue weighted by molar-refractivity contribution is -0.684. The smallest absolute Gasteiger partial charge is 0.275 e. The predicted octanol–water partition coefficient (Wildman–Crippen LogP) is 2.53. The highest BCUT2D eigenvalue weighted by Crippen LogP contribution is 2.23. The summed E-state index contributed by atoms with van der Waals surface area (Å²) >= 11 is 0. The summed E-state index contributed by atoms with van der Waals surface area (Å²) in [7, 11) is 0. The first-order valence-electron chi connectivity index (χ1n) is 7.78. The topological polar surface area (TPSA) is 72.0 Å². The number of hydrogen-bond acceptors (Lipinski definition) is 3. The lowest BCUT2D eigenvalue weighted by Gasteiger charge is -2.12. The average Bonchev–Trinajstić information content (AvgIpc) is 3.21. The van der Waals surface area contributed by atoms with Crippen molar-refractivity contribution in [2.45, 2.75) is 25.9 Å². The highest BCUT2D eigenvalue weighted by molar-refractivity contribution is 5.79. The summed E-state index contributed by atoms with van der Waals surface area (Å²) in [6, 6.07) is 13.5. The van der Waals surface area contributed by atoms with Gasteiger partial charge in [0, 0.05) is 5.39 Å². The summed E-state index contributed by atoms with van der Waals surface area (Å²) in [4.78, 5) is 12.1. The Morgan fingerprint density at radius 3 is 2.74 bits per heavy atom. The molecule has 0 aliphatic carbocycles. The maximum absolute atomic E-state index is 12.1. The van der Waals surface area contributed by atoms with Crippen LogP contribution in [0.25, 0.3) is 11.0 Å². The van der Waals surface area contributed by atoms with Crippen LogP contribution in [0.2, 0.25) is 0 Å². The van der Waals surface area contributed by atoms with Crippen molar-refractivity contribution in [3.05, 3.63) is 60.2 Å². The van der Waals surface area contributed by atoms with E-state index in [2.05, 4.69) is 5.32 Å². The van der Waals surface area contributed by atoms with Crippen molar-refractivity contribution in [1.29, 1.82) is 0 Å². The van der Waals surface area contributed by atoms with Crippen molar-refractivity contribution in [3.63, 3.8) is 0 Å². The average molecular weight is 313 g/mol. The van der Waals surface area contributed by atoms with Crippen LogP contribution in [0.1, 0.15) is 37.5 Å². The van der Waals surface area contributed by atoms with E-state index in [0.717, 1.165) is 22.5 Å². The van der Waals surface area contributed by atoms with E-state index < -0.39 is 0 Å². The minimum atomic E-state index is -0.165. The van der Waals surface area contributed by atoms with Crippen molar-refractivity contribution >= 4 is 16.9 Å². The van der Waals surface area contributed by atoms with Gasteiger partial charge in [-0.25, -0.2) is 0 Å². The van der Waals surface area contributed by atoms with Gasteiger partial charge in [0.1, 0.15) is 17.4 Å². The summed E-state index contributed by atoms with van der Waals surface area (Å²) in [6.45, 7) is 4.27. The van der Waals surface area contributed by atoms with Crippen LogP contribution in [-0.2, 0) is 4.79 Å². The van der Waals surface area contributed by atoms with Crippen molar-refractivity contribution in [2.75, 3.05) is 6.54 Å². The molecule has 1 aromatic carbocycles. The maximum atomic E-state index is 12.1. The highest BCUT2D eigenvalue weighted by atomic mass is 16.3. The van der Waals surface area contributed by atoms with Crippen molar-refractivity contribution in [2.24, 2.45) is 0 Å². The lowest BCUT2D eigenvalue weighted by atomic mass is 10.2. The first-order valence-corrected chi connectivity index (χ1v) is 7.78. The third-order valence-corrected chi connectivity index (χ3v) is 3.90. The molecule has 0 saturated heterocycles. The zero-order valence-corrected chi connectivity index (χ0v) is 13.3. The molecule has 2 atom stereocenters. The fraction of sp³-hybridized carbons (Fsp3) is 0.278. The molecule has 23 heavy (non-hydrogen) atoms. The molecule has 0 spiro atoms. The molecular weight excluding hydrogens is 292 g/mol. The zero-order valence-electron chi connectivity index (χ0n) is 13.3. The molecule has 3 aromatic rings. The maximum Gasteiger partial charge on any atom is 0.275 e. The second-order valence-corrected chi connectivity index (χ2v) is 5.72. The minimum absolute atomic E-state index is 0.0311. The fourth-order valence-corrected chi connectivity index (χ4v) is 2.54. The predicted molar refractivity (Wildman–Crippen MR) is 86.7 cm³/mol. The number of hydrogen-bond donors (Lipinski definition) is 2. The van der Waals surface area contributed by atoms with Gasteiger partial charge in [0.05, 0.1) is 12.3 Å². The van der Waals surface area contributed by atoms with Crippen LogP contribution in [-0.4, -0.2) is 12.5 Å². The van der Waals surface area contributed by atoms with Gasteiger partial charge in [-0.2, -0.15) is 0 Å². The van der Waals surface area contributed by atoms with E-state index >= 15 is 0 Å². The van der Waals surface area contributed by atoms with Crippen LogP contribution in [0.15, 0.2) is 57.6 Å². The number of para-hydroxylation sites is 1. The first kappa shape index (κ1) is 15.4. The number of carbonyl (C=O) groups excluding carboxylic acids is 1. The summed E-state index contributed by atoms with van der Waals surface area (Å²) in [5.74, 6) is 1.60. The number of benzene rings is 1. The van der Waals surface area contributed by atoms with E-state index in [0.29, 0.717) is 6.54 Å². The van der Waals surface area contributed by atoms with Gasteiger partial charge >= 0.3 is 0 Å². The molecule has 0 radical (unpaired) electrons. The number of rotatable bonds is 6. The fourth-order valence-electron chi connectivity index (χ4n) is 2.54. The molecule has 0 aliphatic rings. The minimum Gasteiger partial charge on any atom is -0.463 e. The Balaban J connectivity index is 1.54. The molecule has 0 unspecified atom stereocenters. The molecule has 0 fully saturated rings. The van der Waals surface area contributed by atoms with Gasteiger partial charge in [-0.1, -0.05) is 18.2 Å². The van der Waals surface area contributed by atoms with Gasteiger partial charge in [0.15, 0.2) is 12.3 Å². The number of fused-ring (bicyclic) bond motifs is 1. The molecule has 120 valence electrons. The Kier molecular flexibility index (Phi) is 4.48.